The Morgan fingerprint density at radius 2 is 2.03 bits per heavy atom. The quantitative estimate of drug-likeness (QED) is 0.680. The highest BCUT2D eigenvalue weighted by molar-refractivity contribution is 5.69. The van der Waals surface area contributed by atoms with Gasteiger partial charge in [0.15, 0.2) is 0 Å². The van der Waals surface area contributed by atoms with E-state index in [0.717, 1.165) is 36.8 Å². The number of ether oxygens (including phenoxy) is 1. The molecule has 1 fully saturated rings. The molecule has 2 aliphatic rings. The van der Waals surface area contributed by atoms with Crippen LogP contribution in [0.25, 0.3) is 0 Å². The first-order valence-electron chi connectivity index (χ1n) is 10.0. The fourth-order valence-electron chi connectivity index (χ4n) is 4.33. The first-order chi connectivity index (χ1) is 14.1. The van der Waals surface area contributed by atoms with Crippen molar-refractivity contribution in [1.82, 2.24) is 4.90 Å². The third-order valence-electron chi connectivity index (χ3n) is 5.73. The minimum absolute atomic E-state index is 0.00205. The number of carbonyl (C=O) groups is 1. The smallest absolute Gasteiger partial charge is 0.410 e. The molecule has 5 heteroatoms. The predicted molar refractivity (Wildman–Crippen MR) is 107 cm³/mol. The van der Waals surface area contributed by atoms with Crippen LogP contribution >= 0.6 is 0 Å². The van der Waals surface area contributed by atoms with Gasteiger partial charge in [0, 0.05) is 6.04 Å². The van der Waals surface area contributed by atoms with Crippen LogP contribution in [0.3, 0.4) is 0 Å². The summed E-state index contributed by atoms with van der Waals surface area (Å²) in [6, 6.07) is 16.3. The third kappa shape index (κ3) is 4.32. The predicted octanol–water partition coefficient (Wildman–Crippen LogP) is 5.13. The first kappa shape index (κ1) is 19.2. The largest absolute Gasteiger partial charge is 0.445 e. The lowest BCUT2D eigenvalue weighted by Gasteiger charge is -2.44. The molecule has 1 amide bonds. The normalized spacial score (nSPS) is 20.6. The maximum Gasteiger partial charge on any atom is 0.410 e. The molecule has 0 spiro atoms. The van der Waals surface area contributed by atoms with Crippen LogP contribution in [-0.4, -0.2) is 23.1 Å². The van der Waals surface area contributed by atoms with Gasteiger partial charge in [0.1, 0.15) is 12.4 Å². The number of amides is 1. The van der Waals surface area contributed by atoms with Gasteiger partial charge < -0.3 is 4.74 Å². The van der Waals surface area contributed by atoms with Crippen LogP contribution in [0, 0.1) is 17.1 Å². The van der Waals surface area contributed by atoms with Crippen LogP contribution in [0.15, 0.2) is 60.2 Å². The highest BCUT2D eigenvalue weighted by Crippen LogP contribution is 2.35. The molecule has 0 aromatic heterocycles. The van der Waals surface area contributed by atoms with Gasteiger partial charge in [0.05, 0.1) is 17.7 Å². The van der Waals surface area contributed by atoms with E-state index in [0.29, 0.717) is 17.5 Å². The average molecular weight is 390 g/mol. The van der Waals surface area contributed by atoms with Crippen LogP contribution in [0.5, 0.6) is 0 Å². The van der Waals surface area contributed by atoms with Gasteiger partial charge in [0.25, 0.3) is 0 Å². The number of nitriles is 1. The monoisotopic (exact) mass is 390 g/mol. The lowest BCUT2D eigenvalue weighted by molar-refractivity contribution is 0.0481. The van der Waals surface area contributed by atoms with Crippen molar-refractivity contribution in [2.75, 3.05) is 0 Å². The van der Waals surface area contributed by atoms with Gasteiger partial charge in [-0.1, -0.05) is 48.0 Å². The van der Waals surface area contributed by atoms with Crippen molar-refractivity contribution in [2.24, 2.45) is 0 Å². The second kappa shape index (κ2) is 8.48. The lowest BCUT2D eigenvalue weighted by Crippen LogP contribution is -2.52. The molecular formula is C24H23FN2O2. The van der Waals surface area contributed by atoms with Gasteiger partial charge in [-0.2, -0.15) is 5.26 Å². The Morgan fingerprint density at radius 3 is 2.76 bits per heavy atom. The van der Waals surface area contributed by atoms with Crippen molar-refractivity contribution in [3.8, 4) is 6.07 Å². The number of nitrogens with zero attached hydrogens (tertiary/aromatic N) is 2. The zero-order valence-corrected chi connectivity index (χ0v) is 16.2. The summed E-state index contributed by atoms with van der Waals surface area (Å²) in [7, 11) is 0. The molecule has 2 heterocycles. The summed E-state index contributed by atoms with van der Waals surface area (Å²) >= 11 is 0. The van der Waals surface area contributed by atoms with Crippen molar-refractivity contribution < 1.29 is 13.9 Å². The van der Waals surface area contributed by atoms with Gasteiger partial charge in [-0.25, -0.2) is 9.18 Å². The molecule has 148 valence electrons. The summed E-state index contributed by atoms with van der Waals surface area (Å²) in [6.07, 6.45) is 5.99. The fraction of sp³-hybridized carbons (Fsp3) is 0.333. The van der Waals surface area contributed by atoms with Crippen molar-refractivity contribution in [1.29, 1.82) is 5.26 Å². The van der Waals surface area contributed by atoms with Gasteiger partial charge in [-0.3, -0.25) is 4.90 Å². The van der Waals surface area contributed by atoms with Crippen LogP contribution in [0.4, 0.5) is 9.18 Å². The van der Waals surface area contributed by atoms with Gasteiger partial charge in [-0.15, -0.1) is 0 Å². The second-order valence-corrected chi connectivity index (χ2v) is 7.72. The van der Waals surface area contributed by atoms with Gasteiger partial charge >= 0.3 is 6.09 Å². The molecule has 2 aromatic carbocycles. The standard InChI is InChI=1S/C24H23FN2O2/c25-23-14-18(15-26)9-10-20(23)11-19-12-21-7-4-8-22(13-19)27(21)24(28)29-16-17-5-2-1-3-6-17/h1-3,5-6,9-10,12,14,21-22H,4,7-8,11,13,16H2. The minimum atomic E-state index is -0.347. The molecule has 1 saturated heterocycles. The molecule has 4 nitrogen and oxygen atoms in total. The zero-order chi connectivity index (χ0) is 20.2. The average Bonchev–Trinajstić information content (AvgIpc) is 2.73. The number of rotatable bonds is 4. The van der Waals surface area contributed by atoms with Crippen molar-refractivity contribution in [2.45, 2.75) is 50.8 Å². The number of hydrogen-bond acceptors (Lipinski definition) is 3. The lowest BCUT2D eigenvalue weighted by atomic mass is 9.83. The van der Waals surface area contributed by atoms with Crippen molar-refractivity contribution >= 4 is 6.09 Å². The van der Waals surface area contributed by atoms with E-state index in [-0.39, 0.29) is 30.6 Å². The fourth-order valence-corrected chi connectivity index (χ4v) is 4.33. The SMILES string of the molecule is N#Cc1ccc(CC2=CC3CCCC(C2)N3C(=O)OCc2ccccc2)c(F)c1. The Balaban J connectivity index is 1.45. The van der Waals surface area contributed by atoms with Crippen LogP contribution in [-0.2, 0) is 17.8 Å². The molecule has 2 aromatic rings. The van der Waals surface area contributed by atoms with E-state index >= 15 is 0 Å². The molecule has 0 saturated carbocycles. The Bertz CT molecular complexity index is 965. The maximum absolute atomic E-state index is 14.3. The van der Waals surface area contributed by atoms with E-state index < -0.39 is 0 Å². The molecule has 0 aliphatic carbocycles. The molecule has 2 atom stereocenters. The number of halogens is 1. The van der Waals surface area contributed by atoms with E-state index in [4.69, 9.17) is 10.00 Å². The number of fused-ring (bicyclic) bond motifs is 2. The van der Waals surface area contributed by atoms with E-state index in [1.807, 2.05) is 41.3 Å². The van der Waals surface area contributed by atoms with Crippen LogP contribution < -0.4 is 0 Å². The van der Waals surface area contributed by atoms with E-state index in [1.54, 1.807) is 12.1 Å². The maximum atomic E-state index is 14.3. The van der Waals surface area contributed by atoms with Gasteiger partial charge in [-0.05, 0) is 55.4 Å². The molecule has 0 radical (unpaired) electrons. The second-order valence-electron chi connectivity index (χ2n) is 7.72. The van der Waals surface area contributed by atoms with Crippen molar-refractivity contribution in [3.63, 3.8) is 0 Å². The molecule has 2 aliphatic heterocycles. The molecular weight excluding hydrogens is 367 g/mol. The topological polar surface area (TPSA) is 53.3 Å². The Hall–Kier alpha value is -3.13. The Kier molecular flexibility index (Phi) is 5.62. The van der Waals surface area contributed by atoms with E-state index in [9.17, 15) is 9.18 Å². The highest BCUT2D eigenvalue weighted by Gasteiger charge is 2.38. The van der Waals surface area contributed by atoms with E-state index in [2.05, 4.69) is 6.08 Å². The van der Waals surface area contributed by atoms with Gasteiger partial charge in [0.2, 0.25) is 0 Å². The van der Waals surface area contributed by atoms with Crippen LogP contribution in [0.1, 0.15) is 42.4 Å². The molecule has 29 heavy (non-hydrogen) atoms. The third-order valence-corrected chi connectivity index (χ3v) is 5.73. The summed E-state index contributed by atoms with van der Waals surface area (Å²) in [5, 5.41) is 8.90. The number of hydrogen-bond donors (Lipinski definition) is 0. The molecule has 2 unspecified atom stereocenters. The summed E-state index contributed by atoms with van der Waals surface area (Å²) < 4.78 is 19.9. The Morgan fingerprint density at radius 1 is 1.21 bits per heavy atom. The number of carbonyl (C=O) groups excluding carboxylic acids is 1. The van der Waals surface area contributed by atoms with Crippen LogP contribution in [0.2, 0.25) is 0 Å². The molecule has 2 bridgehead atoms. The van der Waals surface area contributed by atoms with E-state index in [1.165, 1.54) is 6.07 Å². The number of benzene rings is 2. The summed E-state index contributed by atoms with van der Waals surface area (Å²) in [4.78, 5) is 14.6. The van der Waals surface area contributed by atoms with Crippen molar-refractivity contribution in [3.05, 3.63) is 82.7 Å². The summed E-state index contributed by atoms with van der Waals surface area (Å²) in [5.74, 6) is -0.347. The minimum Gasteiger partial charge on any atom is -0.445 e. The molecule has 0 N–H and O–H groups in total. The first-order valence-corrected chi connectivity index (χ1v) is 10.0. The summed E-state index contributed by atoms with van der Waals surface area (Å²) in [5.41, 5.74) is 3.03. The highest BCUT2D eigenvalue weighted by atomic mass is 19.1. The zero-order valence-electron chi connectivity index (χ0n) is 16.2. The summed E-state index contributed by atoms with van der Waals surface area (Å²) in [6.45, 7) is 0.267. The number of piperidine rings is 1. The molecule has 4 rings (SSSR count). The Labute approximate surface area is 170 Å².